The topological polar surface area (TPSA) is 63.6 Å². The molecule has 0 radical (unpaired) electrons. The molecule has 0 aliphatic heterocycles. The Hall–Kier alpha value is -2.10. The van der Waals surface area contributed by atoms with Crippen LogP contribution in [-0.4, -0.2) is 17.0 Å². The molecule has 1 aromatic rings. The van der Waals surface area contributed by atoms with Gasteiger partial charge in [-0.05, 0) is 55.4 Å². The molecule has 1 aliphatic rings. The minimum atomic E-state index is -0.984. The van der Waals surface area contributed by atoms with Crippen molar-refractivity contribution in [1.82, 2.24) is 0 Å². The Morgan fingerprint density at radius 3 is 2.29 bits per heavy atom. The molecule has 1 aliphatic carbocycles. The standard InChI is InChI=1S/C24H34O4/c1-2-3-4-5-6-7-8-19-9-14-21(15-10-19)24(27)28-22-16-11-20(12-17-22)13-18-23(25)26/h11-13,16-19,21H,2-10,14-15H2,1H3,(H,25,26). The first-order valence-electron chi connectivity index (χ1n) is 10.8. The van der Waals surface area contributed by atoms with Crippen LogP contribution in [0.1, 0.15) is 83.1 Å². The van der Waals surface area contributed by atoms with Crippen molar-refractivity contribution in [2.24, 2.45) is 11.8 Å². The zero-order valence-corrected chi connectivity index (χ0v) is 17.1. The average molecular weight is 387 g/mol. The molecule has 0 amide bonds. The SMILES string of the molecule is CCCCCCCCC1CCC(C(=O)Oc2ccc(C=CC(=O)O)cc2)CC1. The summed E-state index contributed by atoms with van der Waals surface area (Å²) in [6.07, 6.45) is 16.1. The maximum Gasteiger partial charge on any atom is 0.328 e. The zero-order valence-electron chi connectivity index (χ0n) is 17.1. The van der Waals surface area contributed by atoms with Crippen molar-refractivity contribution < 1.29 is 19.4 Å². The Morgan fingerprint density at radius 1 is 1.00 bits per heavy atom. The van der Waals surface area contributed by atoms with E-state index in [9.17, 15) is 9.59 Å². The molecule has 0 spiro atoms. The maximum absolute atomic E-state index is 12.4. The van der Waals surface area contributed by atoms with Crippen LogP contribution in [0.25, 0.3) is 6.08 Å². The van der Waals surface area contributed by atoms with E-state index in [0.717, 1.165) is 43.2 Å². The number of carboxylic acid groups (broad SMARTS) is 1. The summed E-state index contributed by atoms with van der Waals surface area (Å²) in [7, 11) is 0. The van der Waals surface area contributed by atoms with Crippen LogP contribution in [0.3, 0.4) is 0 Å². The molecule has 0 aromatic heterocycles. The van der Waals surface area contributed by atoms with E-state index in [1.54, 1.807) is 24.3 Å². The Kier molecular flexibility index (Phi) is 9.81. The summed E-state index contributed by atoms with van der Waals surface area (Å²) in [6.45, 7) is 2.25. The van der Waals surface area contributed by atoms with Gasteiger partial charge in [-0.2, -0.15) is 0 Å². The fourth-order valence-corrected chi connectivity index (χ4v) is 3.91. The number of carboxylic acids is 1. The van der Waals surface area contributed by atoms with Crippen LogP contribution in [-0.2, 0) is 9.59 Å². The lowest BCUT2D eigenvalue weighted by atomic mass is 9.80. The van der Waals surface area contributed by atoms with Crippen LogP contribution in [0.5, 0.6) is 5.75 Å². The molecule has 28 heavy (non-hydrogen) atoms. The van der Waals surface area contributed by atoms with Gasteiger partial charge >= 0.3 is 11.9 Å². The van der Waals surface area contributed by atoms with Crippen molar-refractivity contribution in [2.75, 3.05) is 0 Å². The summed E-state index contributed by atoms with van der Waals surface area (Å²) in [5.41, 5.74) is 0.761. The van der Waals surface area contributed by atoms with Gasteiger partial charge in [0.25, 0.3) is 0 Å². The molecule has 154 valence electrons. The normalized spacial score (nSPS) is 19.6. The summed E-state index contributed by atoms with van der Waals surface area (Å²) in [4.78, 5) is 23.0. The number of rotatable bonds is 11. The lowest BCUT2D eigenvalue weighted by molar-refractivity contribution is -0.140. The predicted molar refractivity (Wildman–Crippen MR) is 112 cm³/mol. The fraction of sp³-hybridized carbons (Fsp3) is 0.583. The van der Waals surface area contributed by atoms with Crippen molar-refractivity contribution >= 4 is 18.0 Å². The number of ether oxygens (including phenoxy) is 1. The number of hydrogen-bond donors (Lipinski definition) is 1. The summed E-state index contributed by atoms with van der Waals surface area (Å²) >= 11 is 0. The first kappa shape index (κ1) is 22.2. The molecule has 1 N–H and O–H groups in total. The smallest absolute Gasteiger partial charge is 0.328 e. The molecular weight excluding hydrogens is 352 g/mol. The Morgan fingerprint density at radius 2 is 1.64 bits per heavy atom. The van der Waals surface area contributed by atoms with Crippen LogP contribution in [0.4, 0.5) is 0 Å². The second kappa shape index (κ2) is 12.4. The average Bonchev–Trinajstić information content (AvgIpc) is 2.70. The van der Waals surface area contributed by atoms with Gasteiger partial charge in [-0.25, -0.2) is 4.79 Å². The van der Waals surface area contributed by atoms with Crippen molar-refractivity contribution in [3.05, 3.63) is 35.9 Å². The molecular formula is C24H34O4. The third-order valence-electron chi connectivity index (χ3n) is 5.66. The Bertz CT molecular complexity index is 625. The maximum atomic E-state index is 12.4. The van der Waals surface area contributed by atoms with Gasteiger partial charge in [-0.1, -0.05) is 64.0 Å². The van der Waals surface area contributed by atoms with E-state index in [4.69, 9.17) is 9.84 Å². The molecule has 2 rings (SSSR count). The molecule has 1 fully saturated rings. The van der Waals surface area contributed by atoms with Crippen molar-refractivity contribution in [1.29, 1.82) is 0 Å². The van der Waals surface area contributed by atoms with Crippen LogP contribution < -0.4 is 4.74 Å². The number of carbonyl (C=O) groups excluding carboxylic acids is 1. The quantitative estimate of drug-likeness (QED) is 0.211. The number of aliphatic carboxylic acids is 1. The van der Waals surface area contributed by atoms with Crippen LogP contribution in [0.15, 0.2) is 30.3 Å². The minimum Gasteiger partial charge on any atom is -0.478 e. The minimum absolute atomic E-state index is 0.00684. The Labute approximate surface area is 169 Å². The van der Waals surface area contributed by atoms with Gasteiger partial charge in [0.2, 0.25) is 0 Å². The van der Waals surface area contributed by atoms with Gasteiger partial charge in [-0.3, -0.25) is 4.79 Å². The van der Waals surface area contributed by atoms with Gasteiger partial charge < -0.3 is 9.84 Å². The number of benzene rings is 1. The largest absolute Gasteiger partial charge is 0.478 e. The van der Waals surface area contributed by atoms with Crippen molar-refractivity contribution in [2.45, 2.75) is 77.6 Å². The van der Waals surface area contributed by atoms with E-state index < -0.39 is 5.97 Å². The monoisotopic (exact) mass is 386 g/mol. The van der Waals surface area contributed by atoms with E-state index in [0.29, 0.717) is 5.75 Å². The van der Waals surface area contributed by atoms with Crippen LogP contribution >= 0.6 is 0 Å². The third kappa shape index (κ3) is 8.28. The predicted octanol–water partition coefficient (Wildman–Crippen LogP) is 6.25. The summed E-state index contributed by atoms with van der Waals surface area (Å²) in [5, 5.41) is 8.65. The van der Waals surface area contributed by atoms with E-state index >= 15 is 0 Å². The van der Waals surface area contributed by atoms with Crippen molar-refractivity contribution in [3.8, 4) is 5.75 Å². The summed E-state index contributed by atoms with van der Waals surface area (Å²) < 4.78 is 5.53. The highest BCUT2D eigenvalue weighted by Gasteiger charge is 2.27. The third-order valence-corrected chi connectivity index (χ3v) is 5.66. The highest BCUT2D eigenvalue weighted by molar-refractivity contribution is 5.85. The lowest BCUT2D eigenvalue weighted by Gasteiger charge is -2.27. The van der Waals surface area contributed by atoms with Gasteiger partial charge in [0.15, 0.2) is 0 Å². The van der Waals surface area contributed by atoms with Gasteiger partial charge in [0.05, 0.1) is 5.92 Å². The van der Waals surface area contributed by atoms with Crippen LogP contribution in [0, 0.1) is 11.8 Å². The molecule has 1 aromatic carbocycles. The second-order valence-electron chi connectivity index (χ2n) is 7.94. The molecule has 0 bridgehead atoms. The highest BCUT2D eigenvalue weighted by Crippen LogP contribution is 2.33. The molecule has 1 saturated carbocycles. The number of carbonyl (C=O) groups is 2. The molecule has 0 atom stereocenters. The van der Waals surface area contributed by atoms with Gasteiger partial charge in [0.1, 0.15) is 5.75 Å². The molecule has 0 heterocycles. The first-order valence-corrected chi connectivity index (χ1v) is 10.8. The molecule has 0 saturated heterocycles. The summed E-state index contributed by atoms with van der Waals surface area (Å²) in [5.74, 6) is 0.184. The van der Waals surface area contributed by atoms with Crippen molar-refractivity contribution in [3.63, 3.8) is 0 Å². The fourth-order valence-electron chi connectivity index (χ4n) is 3.91. The molecule has 0 unspecified atom stereocenters. The highest BCUT2D eigenvalue weighted by atomic mass is 16.5. The van der Waals surface area contributed by atoms with Gasteiger partial charge in [-0.15, -0.1) is 0 Å². The van der Waals surface area contributed by atoms with E-state index in [-0.39, 0.29) is 11.9 Å². The molecule has 4 heteroatoms. The molecule has 4 nitrogen and oxygen atoms in total. The van der Waals surface area contributed by atoms with Gasteiger partial charge in [0, 0.05) is 6.08 Å². The Balaban J connectivity index is 1.67. The number of hydrogen-bond acceptors (Lipinski definition) is 3. The number of esters is 1. The van der Waals surface area contributed by atoms with E-state index in [2.05, 4.69) is 6.92 Å². The number of unbranched alkanes of at least 4 members (excludes halogenated alkanes) is 5. The summed E-state index contributed by atoms with van der Waals surface area (Å²) in [6, 6.07) is 6.92. The van der Waals surface area contributed by atoms with E-state index in [1.165, 1.54) is 51.0 Å². The first-order chi connectivity index (χ1) is 13.6. The second-order valence-corrected chi connectivity index (χ2v) is 7.94. The zero-order chi connectivity index (χ0) is 20.2. The lowest BCUT2D eigenvalue weighted by Crippen LogP contribution is -2.25. The van der Waals surface area contributed by atoms with E-state index in [1.807, 2.05) is 0 Å². The van der Waals surface area contributed by atoms with Crippen LogP contribution in [0.2, 0.25) is 0 Å².